The minimum atomic E-state index is -0.616. The van der Waals surface area contributed by atoms with Crippen molar-refractivity contribution in [2.24, 2.45) is 0 Å². The molecule has 0 N–H and O–H groups in total. The first-order chi connectivity index (χ1) is 13.7. The van der Waals surface area contributed by atoms with E-state index in [1.165, 1.54) is 23.9 Å². The second kappa shape index (κ2) is 8.05. The molecule has 9 nitrogen and oxygen atoms in total. The number of hydrogen-bond donors (Lipinski definition) is 0. The van der Waals surface area contributed by atoms with E-state index >= 15 is 0 Å². The van der Waals surface area contributed by atoms with Crippen LogP contribution in [0.25, 0.3) is 10.7 Å². The highest BCUT2D eigenvalue weighted by atomic mass is 32.2. The van der Waals surface area contributed by atoms with Crippen LogP contribution in [0.4, 0.5) is 5.69 Å². The second-order valence-electron chi connectivity index (χ2n) is 6.02. The van der Waals surface area contributed by atoms with Crippen molar-refractivity contribution in [3.05, 3.63) is 45.5 Å². The van der Waals surface area contributed by atoms with Crippen molar-refractivity contribution in [2.45, 2.75) is 35.7 Å². The van der Waals surface area contributed by atoms with Crippen molar-refractivity contribution in [1.82, 2.24) is 19.7 Å². The number of ether oxygens (including phenoxy) is 1. The summed E-state index contributed by atoms with van der Waals surface area (Å²) in [5.41, 5.74) is -0.536. The van der Waals surface area contributed by atoms with Gasteiger partial charge in [0.1, 0.15) is 11.1 Å². The smallest absolute Gasteiger partial charge is 0.305 e. The molecule has 142 valence electrons. The summed E-state index contributed by atoms with van der Waals surface area (Å²) in [5, 5.41) is 31.8. The van der Waals surface area contributed by atoms with E-state index in [-0.39, 0.29) is 17.5 Å². The first kappa shape index (κ1) is 18.5. The second-order valence-corrected chi connectivity index (χ2v) is 7.95. The molecule has 1 aliphatic rings. The van der Waals surface area contributed by atoms with Crippen molar-refractivity contribution >= 4 is 28.8 Å². The van der Waals surface area contributed by atoms with Gasteiger partial charge in [0.05, 0.1) is 22.4 Å². The predicted octanol–water partition coefficient (Wildman–Crippen LogP) is 3.51. The maximum Gasteiger partial charge on any atom is 0.305 e. The standard InChI is InChI=1S/C17H14N6O3S2/c18-9-12-13(23(24)25)5-6-15(19-12)28-17-21-20-16(14-4-2-8-27-14)22(17)10-11-3-1-7-26-11/h2,4-6,8,11H,1,3,7,10H2. The molecule has 0 spiro atoms. The van der Waals surface area contributed by atoms with Gasteiger partial charge in [-0.3, -0.25) is 14.7 Å². The van der Waals surface area contributed by atoms with Crippen LogP contribution in [-0.4, -0.2) is 37.4 Å². The highest BCUT2D eigenvalue weighted by molar-refractivity contribution is 7.99. The molecular formula is C17H14N6O3S2. The molecule has 1 unspecified atom stereocenters. The van der Waals surface area contributed by atoms with E-state index in [2.05, 4.69) is 15.2 Å². The summed E-state index contributed by atoms with van der Waals surface area (Å²) in [6, 6.07) is 8.51. The Kier molecular flexibility index (Phi) is 5.34. The summed E-state index contributed by atoms with van der Waals surface area (Å²) in [5.74, 6) is 0.746. The van der Waals surface area contributed by atoms with Gasteiger partial charge in [0, 0.05) is 12.7 Å². The molecule has 0 saturated carbocycles. The van der Waals surface area contributed by atoms with Gasteiger partial charge in [0.25, 0.3) is 0 Å². The molecular weight excluding hydrogens is 400 g/mol. The van der Waals surface area contributed by atoms with Crippen LogP contribution in [0, 0.1) is 21.4 Å². The zero-order chi connectivity index (χ0) is 19.5. The van der Waals surface area contributed by atoms with Crippen molar-refractivity contribution in [3.8, 4) is 16.8 Å². The molecule has 11 heteroatoms. The van der Waals surface area contributed by atoms with Crippen LogP contribution in [0.1, 0.15) is 18.5 Å². The number of thiophene rings is 1. The third-order valence-corrected chi connectivity index (χ3v) is 6.00. The van der Waals surface area contributed by atoms with Crippen LogP contribution in [0.2, 0.25) is 0 Å². The minimum absolute atomic E-state index is 0.0913. The van der Waals surface area contributed by atoms with E-state index in [1.807, 2.05) is 22.1 Å². The molecule has 0 amide bonds. The number of rotatable bonds is 6. The number of pyridine rings is 1. The molecule has 0 aromatic carbocycles. The van der Waals surface area contributed by atoms with Crippen molar-refractivity contribution in [1.29, 1.82) is 5.26 Å². The Morgan fingerprint density at radius 2 is 2.32 bits per heavy atom. The van der Waals surface area contributed by atoms with Gasteiger partial charge in [0.15, 0.2) is 11.0 Å². The number of nitrogens with zero attached hydrogens (tertiary/aromatic N) is 6. The van der Waals surface area contributed by atoms with Gasteiger partial charge in [0.2, 0.25) is 5.69 Å². The van der Waals surface area contributed by atoms with Crippen molar-refractivity contribution in [2.75, 3.05) is 6.61 Å². The molecule has 28 heavy (non-hydrogen) atoms. The van der Waals surface area contributed by atoms with Crippen LogP contribution >= 0.6 is 23.1 Å². The Hall–Kier alpha value is -2.81. The molecule has 1 saturated heterocycles. The van der Waals surface area contributed by atoms with Crippen molar-refractivity contribution < 1.29 is 9.66 Å². The van der Waals surface area contributed by atoms with Crippen LogP contribution in [-0.2, 0) is 11.3 Å². The molecule has 3 aromatic heterocycles. The van der Waals surface area contributed by atoms with Crippen molar-refractivity contribution in [3.63, 3.8) is 0 Å². The average molecular weight is 414 g/mol. The van der Waals surface area contributed by atoms with E-state index < -0.39 is 4.92 Å². The lowest BCUT2D eigenvalue weighted by atomic mass is 10.2. The fourth-order valence-corrected chi connectivity index (χ4v) is 4.45. The maximum atomic E-state index is 11.0. The number of nitro groups is 1. The molecule has 0 aliphatic carbocycles. The third kappa shape index (κ3) is 3.75. The van der Waals surface area contributed by atoms with Gasteiger partial charge in [-0.15, -0.1) is 21.5 Å². The van der Waals surface area contributed by atoms with Gasteiger partial charge in [-0.25, -0.2) is 4.98 Å². The highest BCUT2D eigenvalue weighted by Crippen LogP contribution is 2.32. The highest BCUT2D eigenvalue weighted by Gasteiger charge is 2.23. The first-order valence-electron chi connectivity index (χ1n) is 8.48. The van der Waals surface area contributed by atoms with Gasteiger partial charge < -0.3 is 4.74 Å². The number of hydrogen-bond acceptors (Lipinski definition) is 9. The summed E-state index contributed by atoms with van der Waals surface area (Å²) in [6.07, 6.45) is 2.09. The molecule has 3 aromatic rings. The Balaban J connectivity index is 1.67. The summed E-state index contributed by atoms with van der Waals surface area (Å²) in [6.45, 7) is 1.36. The lowest BCUT2D eigenvalue weighted by Crippen LogP contribution is -2.16. The average Bonchev–Trinajstić information content (AvgIpc) is 3.45. The van der Waals surface area contributed by atoms with E-state index in [0.717, 1.165) is 30.2 Å². The van der Waals surface area contributed by atoms with Crippen LogP contribution in [0.15, 0.2) is 39.8 Å². The lowest BCUT2D eigenvalue weighted by Gasteiger charge is -2.14. The Morgan fingerprint density at radius 3 is 3.00 bits per heavy atom. The molecule has 0 bridgehead atoms. The van der Waals surface area contributed by atoms with Crippen LogP contribution < -0.4 is 0 Å². The summed E-state index contributed by atoms with van der Waals surface area (Å²) in [7, 11) is 0. The topological polar surface area (TPSA) is 120 Å². The van der Waals surface area contributed by atoms with E-state index in [9.17, 15) is 10.1 Å². The zero-order valence-corrected chi connectivity index (χ0v) is 16.2. The number of nitriles is 1. The van der Waals surface area contributed by atoms with E-state index in [0.29, 0.717) is 16.7 Å². The summed E-state index contributed by atoms with van der Waals surface area (Å²) < 4.78 is 7.75. The molecule has 4 heterocycles. The molecule has 1 aliphatic heterocycles. The normalized spacial score (nSPS) is 16.2. The van der Waals surface area contributed by atoms with Crippen LogP contribution in [0.5, 0.6) is 0 Å². The third-order valence-electron chi connectivity index (χ3n) is 4.22. The molecule has 0 radical (unpaired) electrons. The predicted molar refractivity (Wildman–Crippen MR) is 102 cm³/mol. The van der Waals surface area contributed by atoms with Gasteiger partial charge in [-0.05, 0) is 42.1 Å². The largest absolute Gasteiger partial charge is 0.376 e. The summed E-state index contributed by atoms with van der Waals surface area (Å²) in [4.78, 5) is 15.5. The van der Waals surface area contributed by atoms with Crippen LogP contribution in [0.3, 0.4) is 0 Å². The quantitative estimate of drug-likeness (QED) is 0.444. The van der Waals surface area contributed by atoms with E-state index in [1.54, 1.807) is 17.4 Å². The van der Waals surface area contributed by atoms with Gasteiger partial charge in [-0.1, -0.05) is 6.07 Å². The Morgan fingerprint density at radius 1 is 1.43 bits per heavy atom. The minimum Gasteiger partial charge on any atom is -0.376 e. The fraction of sp³-hybridized carbons (Fsp3) is 0.294. The molecule has 1 fully saturated rings. The summed E-state index contributed by atoms with van der Waals surface area (Å²) >= 11 is 2.79. The zero-order valence-electron chi connectivity index (χ0n) is 14.5. The monoisotopic (exact) mass is 414 g/mol. The Bertz CT molecular complexity index is 1040. The lowest BCUT2D eigenvalue weighted by molar-refractivity contribution is -0.385. The Labute approximate surface area is 168 Å². The first-order valence-corrected chi connectivity index (χ1v) is 10.2. The SMILES string of the molecule is N#Cc1nc(Sc2nnc(-c3cccs3)n2CC2CCCO2)ccc1[N+](=O)[O-]. The van der Waals surface area contributed by atoms with E-state index in [4.69, 9.17) is 10.00 Å². The number of aromatic nitrogens is 4. The fourth-order valence-electron chi connectivity index (χ4n) is 2.92. The van der Waals surface area contributed by atoms with Gasteiger partial charge in [-0.2, -0.15) is 5.26 Å². The maximum absolute atomic E-state index is 11.0. The molecule has 4 rings (SSSR count). The van der Waals surface area contributed by atoms with Gasteiger partial charge >= 0.3 is 5.69 Å². The molecule has 1 atom stereocenters.